The number of nitrogens with zero attached hydrogens (tertiary/aromatic N) is 1. The lowest BCUT2D eigenvalue weighted by Crippen LogP contribution is -2.39. The Bertz CT molecular complexity index is 621. The lowest BCUT2D eigenvalue weighted by molar-refractivity contribution is -0.119. The van der Waals surface area contributed by atoms with Crippen LogP contribution in [0.1, 0.15) is 43.0 Å². The summed E-state index contributed by atoms with van der Waals surface area (Å²) in [5.41, 5.74) is 5.55. The standard InChI is InChI=1S/C19H29N3O4/c1-14-6-3-4-10-22(14)11-5-9-21-19(24)15-7-8-16(17(12-15)25-2)26-13-18(20)23/h7-8,12,14H,3-6,9-11,13H2,1-2H3,(H2,20,23)(H,21,24)/t14-/m1/s1. The second kappa shape index (κ2) is 10.0. The highest BCUT2D eigenvalue weighted by Crippen LogP contribution is 2.28. The molecule has 0 aromatic heterocycles. The highest BCUT2D eigenvalue weighted by molar-refractivity contribution is 5.94. The van der Waals surface area contributed by atoms with Gasteiger partial charge in [0.2, 0.25) is 0 Å². The molecule has 0 unspecified atom stereocenters. The van der Waals surface area contributed by atoms with Gasteiger partial charge in [0.05, 0.1) is 7.11 Å². The van der Waals surface area contributed by atoms with Gasteiger partial charge in [0.1, 0.15) is 0 Å². The smallest absolute Gasteiger partial charge is 0.255 e. The Labute approximate surface area is 154 Å². The normalized spacial score (nSPS) is 17.5. The maximum absolute atomic E-state index is 12.3. The Kier molecular flexibility index (Phi) is 7.72. The molecule has 26 heavy (non-hydrogen) atoms. The van der Waals surface area contributed by atoms with Gasteiger partial charge in [-0.15, -0.1) is 0 Å². The molecule has 1 atom stereocenters. The molecule has 1 aromatic rings. The fraction of sp³-hybridized carbons (Fsp3) is 0.579. The van der Waals surface area contributed by atoms with Crippen molar-refractivity contribution in [3.8, 4) is 11.5 Å². The topological polar surface area (TPSA) is 93.9 Å². The van der Waals surface area contributed by atoms with Gasteiger partial charge in [-0.05, 0) is 50.9 Å². The molecule has 0 spiro atoms. The first-order valence-electron chi connectivity index (χ1n) is 9.12. The molecule has 1 aliphatic heterocycles. The summed E-state index contributed by atoms with van der Waals surface area (Å²) in [5, 5.41) is 2.94. The number of hydrogen-bond donors (Lipinski definition) is 2. The number of carbonyl (C=O) groups excluding carboxylic acids is 2. The number of primary amides is 1. The van der Waals surface area contributed by atoms with Crippen molar-refractivity contribution in [2.45, 2.75) is 38.6 Å². The van der Waals surface area contributed by atoms with Gasteiger partial charge >= 0.3 is 0 Å². The molecular formula is C19H29N3O4. The molecule has 7 nitrogen and oxygen atoms in total. The third kappa shape index (κ3) is 5.91. The molecule has 0 saturated carbocycles. The molecule has 7 heteroatoms. The number of nitrogens with one attached hydrogen (secondary N) is 1. The number of piperidine rings is 1. The minimum Gasteiger partial charge on any atom is -0.493 e. The number of rotatable bonds is 9. The molecule has 2 amide bonds. The van der Waals surface area contributed by atoms with E-state index in [0.29, 0.717) is 29.6 Å². The van der Waals surface area contributed by atoms with Gasteiger partial charge in [-0.2, -0.15) is 0 Å². The average Bonchev–Trinajstić information content (AvgIpc) is 2.64. The molecule has 0 bridgehead atoms. The molecule has 1 aromatic carbocycles. The second-order valence-corrected chi connectivity index (χ2v) is 6.61. The predicted molar refractivity (Wildman–Crippen MR) is 99.5 cm³/mol. The first-order chi connectivity index (χ1) is 12.5. The van der Waals surface area contributed by atoms with Gasteiger partial charge in [-0.1, -0.05) is 6.42 Å². The van der Waals surface area contributed by atoms with Crippen molar-refractivity contribution in [2.75, 3.05) is 33.4 Å². The van der Waals surface area contributed by atoms with Crippen LogP contribution < -0.4 is 20.5 Å². The molecular weight excluding hydrogens is 334 g/mol. The molecule has 2 rings (SSSR count). The van der Waals surface area contributed by atoms with Gasteiger partial charge in [-0.3, -0.25) is 9.59 Å². The quantitative estimate of drug-likeness (QED) is 0.649. The Morgan fingerprint density at radius 1 is 1.31 bits per heavy atom. The van der Waals surface area contributed by atoms with E-state index >= 15 is 0 Å². The second-order valence-electron chi connectivity index (χ2n) is 6.61. The van der Waals surface area contributed by atoms with Crippen molar-refractivity contribution in [2.24, 2.45) is 5.73 Å². The van der Waals surface area contributed by atoms with Crippen molar-refractivity contribution in [3.05, 3.63) is 23.8 Å². The predicted octanol–water partition coefficient (Wildman–Crippen LogP) is 1.55. The third-order valence-corrected chi connectivity index (χ3v) is 4.64. The maximum Gasteiger partial charge on any atom is 0.255 e. The summed E-state index contributed by atoms with van der Waals surface area (Å²) in [6.45, 7) is 4.82. The van der Waals surface area contributed by atoms with Gasteiger partial charge < -0.3 is 25.4 Å². The van der Waals surface area contributed by atoms with Crippen molar-refractivity contribution in [1.82, 2.24) is 10.2 Å². The van der Waals surface area contributed by atoms with Crippen LogP contribution >= 0.6 is 0 Å². The fourth-order valence-electron chi connectivity index (χ4n) is 3.15. The van der Waals surface area contributed by atoms with E-state index in [0.717, 1.165) is 19.5 Å². The highest BCUT2D eigenvalue weighted by atomic mass is 16.5. The summed E-state index contributed by atoms with van der Waals surface area (Å²) in [7, 11) is 1.48. The van der Waals surface area contributed by atoms with Gasteiger partial charge in [0.15, 0.2) is 18.1 Å². The van der Waals surface area contributed by atoms with Crippen LogP contribution in [-0.4, -0.2) is 56.1 Å². The highest BCUT2D eigenvalue weighted by Gasteiger charge is 2.17. The summed E-state index contributed by atoms with van der Waals surface area (Å²) in [5.74, 6) is 0.0383. The van der Waals surface area contributed by atoms with Crippen molar-refractivity contribution < 1.29 is 19.1 Å². The lowest BCUT2D eigenvalue weighted by Gasteiger charge is -2.33. The fourth-order valence-corrected chi connectivity index (χ4v) is 3.15. The van der Waals surface area contributed by atoms with E-state index in [1.807, 2.05) is 0 Å². The number of ether oxygens (including phenoxy) is 2. The number of benzene rings is 1. The number of likely N-dealkylation sites (tertiary alicyclic amines) is 1. The Balaban J connectivity index is 1.81. The number of carbonyl (C=O) groups is 2. The number of methoxy groups -OCH3 is 1. The number of nitrogens with two attached hydrogens (primary N) is 1. The largest absolute Gasteiger partial charge is 0.493 e. The zero-order valence-corrected chi connectivity index (χ0v) is 15.6. The molecule has 144 valence electrons. The zero-order chi connectivity index (χ0) is 18.9. The van der Waals surface area contributed by atoms with E-state index in [-0.39, 0.29) is 12.5 Å². The summed E-state index contributed by atoms with van der Waals surface area (Å²) in [6.07, 6.45) is 4.76. The van der Waals surface area contributed by atoms with Crippen LogP contribution in [0.2, 0.25) is 0 Å². The van der Waals surface area contributed by atoms with Crippen LogP contribution in [0.4, 0.5) is 0 Å². The monoisotopic (exact) mass is 363 g/mol. The van der Waals surface area contributed by atoms with Crippen molar-refractivity contribution in [1.29, 1.82) is 0 Å². The van der Waals surface area contributed by atoms with Gasteiger partial charge in [-0.25, -0.2) is 0 Å². The minimum atomic E-state index is -0.572. The van der Waals surface area contributed by atoms with E-state index < -0.39 is 5.91 Å². The Morgan fingerprint density at radius 2 is 2.12 bits per heavy atom. The number of amides is 2. The molecule has 0 radical (unpaired) electrons. The molecule has 1 saturated heterocycles. The maximum atomic E-state index is 12.3. The number of hydrogen-bond acceptors (Lipinski definition) is 5. The molecule has 1 heterocycles. The lowest BCUT2D eigenvalue weighted by atomic mass is 10.0. The van der Waals surface area contributed by atoms with Crippen LogP contribution in [0.5, 0.6) is 11.5 Å². The van der Waals surface area contributed by atoms with Crippen LogP contribution in [0, 0.1) is 0 Å². The van der Waals surface area contributed by atoms with E-state index in [2.05, 4.69) is 17.1 Å². The third-order valence-electron chi connectivity index (χ3n) is 4.64. The molecule has 0 aliphatic carbocycles. The average molecular weight is 363 g/mol. The van der Waals surface area contributed by atoms with Crippen LogP contribution in [-0.2, 0) is 4.79 Å². The Morgan fingerprint density at radius 3 is 2.81 bits per heavy atom. The van der Waals surface area contributed by atoms with Crippen molar-refractivity contribution >= 4 is 11.8 Å². The first kappa shape index (κ1) is 20.0. The van der Waals surface area contributed by atoms with Crippen LogP contribution in [0.3, 0.4) is 0 Å². The van der Waals surface area contributed by atoms with Gasteiger partial charge in [0.25, 0.3) is 11.8 Å². The van der Waals surface area contributed by atoms with E-state index in [9.17, 15) is 9.59 Å². The van der Waals surface area contributed by atoms with Crippen LogP contribution in [0.15, 0.2) is 18.2 Å². The van der Waals surface area contributed by atoms with E-state index in [1.54, 1.807) is 18.2 Å². The van der Waals surface area contributed by atoms with E-state index in [4.69, 9.17) is 15.2 Å². The van der Waals surface area contributed by atoms with Crippen molar-refractivity contribution in [3.63, 3.8) is 0 Å². The zero-order valence-electron chi connectivity index (χ0n) is 15.6. The van der Waals surface area contributed by atoms with Crippen LogP contribution in [0.25, 0.3) is 0 Å². The summed E-state index contributed by atoms with van der Waals surface area (Å²) in [4.78, 5) is 25.6. The molecule has 1 aliphatic rings. The van der Waals surface area contributed by atoms with E-state index in [1.165, 1.54) is 26.4 Å². The summed E-state index contributed by atoms with van der Waals surface area (Å²) in [6, 6.07) is 5.47. The minimum absolute atomic E-state index is 0.156. The Hall–Kier alpha value is -2.28. The van der Waals surface area contributed by atoms with Gasteiger partial charge in [0, 0.05) is 24.7 Å². The summed E-state index contributed by atoms with van der Waals surface area (Å²) >= 11 is 0. The molecule has 3 N–H and O–H groups in total. The SMILES string of the molecule is COc1cc(C(=O)NCCCN2CCCC[C@H]2C)ccc1OCC(N)=O. The molecule has 1 fully saturated rings. The summed E-state index contributed by atoms with van der Waals surface area (Å²) < 4.78 is 10.5. The first-order valence-corrected chi connectivity index (χ1v) is 9.12.